The van der Waals surface area contributed by atoms with E-state index in [0.717, 1.165) is 12.8 Å². The highest BCUT2D eigenvalue weighted by atomic mass is 16.5. The summed E-state index contributed by atoms with van der Waals surface area (Å²) in [5.41, 5.74) is 0. The number of carbonyl (C=O) groups excluding carboxylic acids is 1. The number of aliphatic carboxylic acids is 1. The van der Waals surface area contributed by atoms with Gasteiger partial charge in [-0.25, -0.2) is 0 Å². The Labute approximate surface area is 113 Å². The highest BCUT2D eigenvalue weighted by Crippen LogP contribution is 2.21. The number of ether oxygens (including phenoxy) is 1. The molecule has 0 aromatic heterocycles. The summed E-state index contributed by atoms with van der Waals surface area (Å²) >= 11 is 0. The maximum Gasteiger partial charge on any atom is 0.308 e. The van der Waals surface area contributed by atoms with Crippen molar-refractivity contribution in [1.29, 1.82) is 0 Å². The molecular formula is C14H23NO4. The van der Waals surface area contributed by atoms with Gasteiger partial charge in [0.25, 0.3) is 0 Å². The molecule has 0 radical (unpaired) electrons. The van der Waals surface area contributed by atoms with Crippen LogP contribution < -0.4 is 0 Å². The number of carboxylic acid groups (broad SMARTS) is 1. The second-order valence-electron chi connectivity index (χ2n) is 5.54. The molecule has 1 heterocycles. The summed E-state index contributed by atoms with van der Waals surface area (Å²) < 4.78 is 5.79. The highest BCUT2D eigenvalue weighted by molar-refractivity contribution is 5.80. The molecule has 2 fully saturated rings. The van der Waals surface area contributed by atoms with Crippen LogP contribution in [0.3, 0.4) is 0 Å². The minimum Gasteiger partial charge on any atom is -0.481 e. The molecule has 1 saturated heterocycles. The predicted molar refractivity (Wildman–Crippen MR) is 69.8 cm³/mol. The third kappa shape index (κ3) is 4.20. The van der Waals surface area contributed by atoms with E-state index < -0.39 is 11.9 Å². The van der Waals surface area contributed by atoms with Crippen molar-refractivity contribution >= 4 is 11.9 Å². The molecule has 0 aromatic carbocycles. The van der Waals surface area contributed by atoms with Crippen LogP contribution in [0.2, 0.25) is 0 Å². The Morgan fingerprint density at radius 3 is 2.68 bits per heavy atom. The van der Waals surface area contributed by atoms with Crippen LogP contribution in [0.1, 0.15) is 44.9 Å². The first-order chi connectivity index (χ1) is 9.16. The largest absolute Gasteiger partial charge is 0.481 e. The van der Waals surface area contributed by atoms with Crippen molar-refractivity contribution < 1.29 is 19.4 Å². The third-order valence-corrected chi connectivity index (χ3v) is 4.12. The fraction of sp³-hybridized carbons (Fsp3) is 0.857. The molecule has 19 heavy (non-hydrogen) atoms. The summed E-state index contributed by atoms with van der Waals surface area (Å²) in [6.07, 6.45) is 7.14. The van der Waals surface area contributed by atoms with Gasteiger partial charge in [-0.1, -0.05) is 19.3 Å². The molecule has 1 aliphatic carbocycles. The Hall–Kier alpha value is -1.10. The average Bonchev–Trinajstić information content (AvgIpc) is 2.42. The Morgan fingerprint density at radius 1 is 1.26 bits per heavy atom. The lowest BCUT2D eigenvalue weighted by atomic mass is 9.97. The van der Waals surface area contributed by atoms with Gasteiger partial charge in [-0.05, 0) is 19.3 Å². The highest BCUT2D eigenvalue weighted by Gasteiger charge is 2.29. The van der Waals surface area contributed by atoms with Crippen LogP contribution in [-0.4, -0.2) is 47.7 Å². The molecule has 5 heteroatoms. The molecule has 108 valence electrons. The molecule has 1 N–H and O–H groups in total. The topological polar surface area (TPSA) is 66.8 Å². The van der Waals surface area contributed by atoms with Crippen LogP contribution in [0.4, 0.5) is 0 Å². The first-order valence-corrected chi connectivity index (χ1v) is 7.29. The summed E-state index contributed by atoms with van der Waals surface area (Å²) in [6.45, 7) is 1.39. The van der Waals surface area contributed by atoms with Gasteiger partial charge < -0.3 is 14.7 Å². The third-order valence-electron chi connectivity index (χ3n) is 4.12. The summed E-state index contributed by atoms with van der Waals surface area (Å²) in [6, 6.07) is 0. The van der Waals surface area contributed by atoms with E-state index in [0.29, 0.717) is 38.6 Å². The Bertz CT molecular complexity index is 325. The van der Waals surface area contributed by atoms with E-state index in [2.05, 4.69) is 0 Å². The van der Waals surface area contributed by atoms with Gasteiger partial charge in [0.1, 0.15) is 0 Å². The van der Waals surface area contributed by atoms with Crippen LogP contribution >= 0.6 is 0 Å². The molecule has 1 unspecified atom stereocenters. The van der Waals surface area contributed by atoms with Crippen molar-refractivity contribution in [1.82, 2.24) is 4.90 Å². The van der Waals surface area contributed by atoms with Gasteiger partial charge in [-0.2, -0.15) is 0 Å². The number of rotatable bonds is 5. The van der Waals surface area contributed by atoms with Crippen LogP contribution in [0.25, 0.3) is 0 Å². The number of carboxylic acids is 1. The maximum atomic E-state index is 11.7. The van der Waals surface area contributed by atoms with Crippen molar-refractivity contribution in [3.8, 4) is 0 Å². The molecule has 2 rings (SSSR count). The van der Waals surface area contributed by atoms with Crippen molar-refractivity contribution in [3.05, 3.63) is 0 Å². The van der Waals surface area contributed by atoms with Gasteiger partial charge in [0.2, 0.25) is 5.91 Å². The molecule has 5 nitrogen and oxygen atoms in total. The van der Waals surface area contributed by atoms with Crippen molar-refractivity contribution in [2.75, 3.05) is 19.7 Å². The van der Waals surface area contributed by atoms with E-state index in [1.165, 1.54) is 19.3 Å². The van der Waals surface area contributed by atoms with E-state index in [1.54, 1.807) is 4.90 Å². The lowest BCUT2D eigenvalue weighted by molar-refractivity contribution is -0.148. The Balaban J connectivity index is 1.71. The van der Waals surface area contributed by atoms with Crippen molar-refractivity contribution in [2.24, 2.45) is 5.92 Å². The van der Waals surface area contributed by atoms with E-state index >= 15 is 0 Å². The van der Waals surface area contributed by atoms with Crippen molar-refractivity contribution in [2.45, 2.75) is 51.0 Å². The Kier molecular flexibility index (Phi) is 5.19. The lowest BCUT2D eigenvalue weighted by Gasteiger charge is -2.31. The fourth-order valence-electron chi connectivity index (χ4n) is 2.89. The quantitative estimate of drug-likeness (QED) is 0.824. The van der Waals surface area contributed by atoms with E-state index in [-0.39, 0.29) is 5.91 Å². The summed E-state index contributed by atoms with van der Waals surface area (Å²) in [7, 11) is 0. The van der Waals surface area contributed by atoms with E-state index in [9.17, 15) is 9.59 Å². The number of hydrogen-bond acceptors (Lipinski definition) is 3. The summed E-state index contributed by atoms with van der Waals surface area (Å²) in [5.74, 6) is -1.15. The molecular weight excluding hydrogens is 246 g/mol. The number of hydrogen-bond donors (Lipinski definition) is 1. The molecule has 0 aromatic rings. The van der Waals surface area contributed by atoms with Crippen molar-refractivity contribution in [3.63, 3.8) is 0 Å². The first-order valence-electron chi connectivity index (χ1n) is 7.29. The maximum absolute atomic E-state index is 11.7. The van der Waals surface area contributed by atoms with E-state index in [4.69, 9.17) is 9.84 Å². The van der Waals surface area contributed by atoms with Crippen LogP contribution in [0.15, 0.2) is 0 Å². The number of likely N-dealkylation sites (tertiary alicyclic amines) is 1. The molecule has 0 bridgehead atoms. The standard InChI is InChI=1S/C14H23NO4/c16-13-7-6-11(14(17)18)10-15(13)8-9-19-12-4-2-1-3-5-12/h11-12H,1-10H2,(H,17,18). The van der Waals surface area contributed by atoms with Gasteiger partial charge in [-0.3, -0.25) is 9.59 Å². The predicted octanol–water partition coefficient (Wildman–Crippen LogP) is 1.66. The molecule has 1 amide bonds. The summed E-state index contributed by atoms with van der Waals surface area (Å²) in [5, 5.41) is 9.00. The minimum absolute atomic E-state index is 0.0599. The van der Waals surface area contributed by atoms with Gasteiger partial charge in [0.15, 0.2) is 0 Å². The van der Waals surface area contributed by atoms with E-state index in [1.807, 2.05) is 0 Å². The van der Waals surface area contributed by atoms with Gasteiger partial charge >= 0.3 is 5.97 Å². The molecule has 1 aliphatic heterocycles. The zero-order valence-corrected chi connectivity index (χ0v) is 11.3. The number of carbonyl (C=O) groups is 2. The lowest BCUT2D eigenvalue weighted by Crippen LogP contribution is -2.44. The van der Waals surface area contributed by atoms with Gasteiger partial charge in [0, 0.05) is 19.5 Å². The normalized spacial score (nSPS) is 25.6. The second kappa shape index (κ2) is 6.89. The Morgan fingerprint density at radius 2 is 2.00 bits per heavy atom. The number of piperidine rings is 1. The molecule has 2 aliphatic rings. The zero-order chi connectivity index (χ0) is 13.7. The number of amides is 1. The fourth-order valence-corrected chi connectivity index (χ4v) is 2.89. The van der Waals surface area contributed by atoms with Gasteiger partial charge in [0.05, 0.1) is 18.6 Å². The summed E-state index contributed by atoms with van der Waals surface area (Å²) in [4.78, 5) is 24.3. The minimum atomic E-state index is -0.800. The molecule has 0 spiro atoms. The number of nitrogens with zero attached hydrogens (tertiary/aromatic N) is 1. The van der Waals surface area contributed by atoms with Crippen LogP contribution in [-0.2, 0) is 14.3 Å². The smallest absolute Gasteiger partial charge is 0.308 e. The van der Waals surface area contributed by atoms with Crippen LogP contribution in [0, 0.1) is 5.92 Å². The van der Waals surface area contributed by atoms with Crippen LogP contribution in [0.5, 0.6) is 0 Å². The SMILES string of the molecule is O=C(O)C1CCC(=O)N(CCOC2CCCCC2)C1. The monoisotopic (exact) mass is 269 g/mol. The molecule has 1 saturated carbocycles. The van der Waals surface area contributed by atoms with Gasteiger partial charge in [-0.15, -0.1) is 0 Å². The first kappa shape index (κ1) is 14.3. The zero-order valence-electron chi connectivity index (χ0n) is 11.3. The average molecular weight is 269 g/mol. The second-order valence-corrected chi connectivity index (χ2v) is 5.54. The molecule has 1 atom stereocenters.